The van der Waals surface area contributed by atoms with Crippen molar-refractivity contribution in [2.45, 2.75) is 43.2 Å². The number of hydrogen-bond acceptors (Lipinski definition) is 4. The van der Waals surface area contributed by atoms with Gasteiger partial charge in [-0.05, 0) is 31.4 Å². The molecule has 6 heteroatoms. The molecule has 2 atom stereocenters. The molecule has 1 aromatic rings. The minimum atomic E-state index is -3.15. The van der Waals surface area contributed by atoms with Gasteiger partial charge >= 0.3 is 0 Å². The summed E-state index contributed by atoms with van der Waals surface area (Å²) >= 11 is 0. The van der Waals surface area contributed by atoms with E-state index < -0.39 is 9.84 Å². The van der Waals surface area contributed by atoms with E-state index in [1.807, 2.05) is 17.0 Å². The molecule has 0 aliphatic carbocycles. The number of fused-ring (bicyclic) bond motifs is 1. The molecule has 0 unspecified atom stereocenters. The molecule has 1 saturated heterocycles. The molecule has 0 aromatic heterocycles. The zero-order valence-electron chi connectivity index (χ0n) is 12.8. The summed E-state index contributed by atoms with van der Waals surface area (Å²) < 4.78 is 24.3. The number of rotatable bonds is 4. The number of sulfone groups is 1. The minimum Gasteiger partial charge on any atom is -0.341 e. The molecule has 2 aliphatic rings. The van der Waals surface area contributed by atoms with Crippen molar-refractivity contribution >= 4 is 15.7 Å². The minimum absolute atomic E-state index is 0.0347. The van der Waals surface area contributed by atoms with Crippen LogP contribution in [0, 0.1) is 0 Å². The maximum Gasteiger partial charge on any atom is 0.222 e. The third-order valence-corrected chi connectivity index (χ3v) is 6.27. The summed E-state index contributed by atoms with van der Waals surface area (Å²) in [6.07, 6.45) is 2.17. The van der Waals surface area contributed by atoms with Crippen LogP contribution in [-0.4, -0.2) is 44.1 Å². The van der Waals surface area contributed by atoms with E-state index >= 15 is 0 Å². The summed E-state index contributed by atoms with van der Waals surface area (Å²) in [4.78, 5) is 14.0. The normalized spacial score (nSPS) is 25.0. The van der Waals surface area contributed by atoms with Crippen molar-refractivity contribution < 1.29 is 13.2 Å². The van der Waals surface area contributed by atoms with Gasteiger partial charge in [-0.1, -0.05) is 18.2 Å². The highest BCUT2D eigenvalue weighted by atomic mass is 32.2. The molecule has 1 N–H and O–H groups in total. The van der Waals surface area contributed by atoms with E-state index in [-0.39, 0.29) is 23.7 Å². The monoisotopic (exact) mass is 322 g/mol. The van der Waals surface area contributed by atoms with Crippen LogP contribution in [0.25, 0.3) is 0 Å². The molecule has 5 nitrogen and oxygen atoms in total. The molecule has 22 heavy (non-hydrogen) atoms. The fourth-order valence-corrected chi connectivity index (χ4v) is 5.01. The standard InChI is InChI=1S/C16H22N2O3S/c1-12(11-18-9-4-7-16(18)19)17-14-8-10-22(20,21)15-6-3-2-5-13(14)15/h2-3,5-6,12,14,17H,4,7-11H2,1H3/t12-,14+/m0/s1. The summed E-state index contributed by atoms with van der Waals surface area (Å²) in [5.41, 5.74) is 0.855. The van der Waals surface area contributed by atoms with Crippen molar-refractivity contribution in [1.29, 1.82) is 0 Å². The molecular weight excluding hydrogens is 300 g/mol. The predicted octanol–water partition coefficient (Wildman–Crippen LogP) is 1.51. The summed E-state index contributed by atoms with van der Waals surface area (Å²) in [5.74, 6) is 0.400. The van der Waals surface area contributed by atoms with Gasteiger partial charge in [-0.2, -0.15) is 0 Å². The Balaban J connectivity index is 1.72. The smallest absolute Gasteiger partial charge is 0.222 e. The zero-order valence-corrected chi connectivity index (χ0v) is 13.6. The molecule has 2 heterocycles. The Kier molecular flexibility index (Phi) is 4.23. The van der Waals surface area contributed by atoms with Gasteiger partial charge < -0.3 is 10.2 Å². The van der Waals surface area contributed by atoms with Gasteiger partial charge in [-0.15, -0.1) is 0 Å². The van der Waals surface area contributed by atoms with Gasteiger partial charge in [-0.25, -0.2) is 8.42 Å². The third-order valence-electron chi connectivity index (χ3n) is 4.46. The van der Waals surface area contributed by atoms with E-state index in [0.717, 1.165) is 18.5 Å². The lowest BCUT2D eigenvalue weighted by Gasteiger charge is -2.30. The SMILES string of the molecule is C[C@@H](CN1CCCC1=O)N[C@@H]1CCS(=O)(=O)c2ccccc21. The molecule has 3 rings (SSSR count). The Bertz CT molecular complexity index is 672. The van der Waals surface area contributed by atoms with Crippen LogP contribution in [0.1, 0.15) is 37.8 Å². The maximum absolute atomic E-state index is 12.1. The van der Waals surface area contributed by atoms with Crippen LogP contribution < -0.4 is 5.32 Å². The molecule has 2 aliphatic heterocycles. The van der Waals surface area contributed by atoms with Gasteiger partial charge in [0.2, 0.25) is 5.91 Å². The van der Waals surface area contributed by atoms with Gasteiger partial charge in [0.15, 0.2) is 9.84 Å². The van der Waals surface area contributed by atoms with Gasteiger partial charge in [-0.3, -0.25) is 4.79 Å². The van der Waals surface area contributed by atoms with Crippen LogP contribution in [0.2, 0.25) is 0 Å². The Morgan fingerprint density at radius 3 is 2.86 bits per heavy atom. The van der Waals surface area contributed by atoms with Crippen LogP contribution in [-0.2, 0) is 14.6 Å². The molecule has 1 aromatic carbocycles. The second-order valence-corrected chi connectivity index (χ2v) is 8.29. The number of hydrogen-bond donors (Lipinski definition) is 1. The van der Waals surface area contributed by atoms with Gasteiger partial charge in [0, 0.05) is 31.6 Å². The first-order valence-electron chi connectivity index (χ1n) is 7.83. The van der Waals surface area contributed by atoms with Crippen LogP contribution >= 0.6 is 0 Å². The van der Waals surface area contributed by atoms with Crippen molar-refractivity contribution in [3.8, 4) is 0 Å². The van der Waals surface area contributed by atoms with E-state index in [1.54, 1.807) is 12.1 Å². The molecule has 0 radical (unpaired) electrons. The number of likely N-dealkylation sites (tertiary alicyclic amines) is 1. The molecule has 0 saturated carbocycles. The Morgan fingerprint density at radius 1 is 1.36 bits per heavy atom. The van der Waals surface area contributed by atoms with Gasteiger partial charge in [0.25, 0.3) is 0 Å². The average molecular weight is 322 g/mol. The second kappa shape index (κ2) is 6.01. The van der Waals surface area contributed by atoms with E-state index in [9.17, 15) is 13.2 Å². The summed E-state index contributed by atoms with van der Waals surface area (Å²) in [6.45, 7) is 3.57. The molecule has 1 amide bonds. The van der Waals surface area contributed by atoms with Gasteiger partial charge in [0.1, 0.15) is 0 Å². The number of nitrogens with zero attached hydrogens (tertiary/aromatic N) is 1. The van der Waals surface area contributed by atoms with E-state index in [2.05, 4.69) is 12.2 Å². The first kappa shape index (κ1) is 15.5. The van der Waals surface area contributed by atoms with Crippen LogP contribution in [0.15, 0.2) is 29.2 Å². The maximum atomic E-state index is 12.1. The van der Waals surface area contributed by atoms with E-state index in [4.69, 9.17) is 0 Å². The number of benzene rings is 1. The highest BCUT2D eigenvalue weighted by Gasteiger charge is 2.31. The number of carbonyl (C=O) groups is 1. The average Bonchev–Trinajstić information content (AvgIpc) is 2.88. The first-order chi connectivity index (χ1) is 10.5. The van der Waals surface area contributed by atoms with Crippen molar-refractivity contribution in [2.75, 3.05) is 18.8 Å². The Labute approximate surface area is 131 Å². The van der Waals surface area contributed by atoms with E-state index in [1.165, 1.54) is 0 Å². The molecule has 0 spiro atoms. The fourth-order valence-electron chi connectivity index (χ4n) is 3.39. The zero-order chi connectivity index (χ0) is 15.7. The lowest BCUT2D eigenvalue weighted by atomic mass is 10.0. The fraction of sp³-hybridized carbons (Fsp3) is 0.562. The highest BCUT2D eigenvalue weighted by Crippen LogP contribution is 2.32. The number of carbonyl (C=O) groups excluding carboxylic acids is 1. The molecule has 1 fully saturated rings. The molecule has 0 bridgehead atoms. The van der Waals surface area contributed by atoms with Crippen molar-refractivity contribution in [1.82, 2.24) is 10.2 Å². The van der Waals surface area contributed by atoms with Crippen molar-refractivity contribution in [3.05, 3.63) is 29.8 Å². The predicted molar refractivity (Wildman–Crippen MR) is 84.3 cm³/mol. The van der Waals surface area contributed by atoms with Crippen LogP contribution in [0.4, 0.5) is 0 Å². The van der Waals surface area contributed by atoms with Crippen LogP contribution in [0.3, 0.4) is 0 Å². The quantitative estimate of drug-likeness (QED) is 0.912. The van der Waals surface area contributed by atoms with Crippen molar-refractivity contribution in [3.63, 3.8) is 0 Å². The first-order valence-corrected chi connectivity index (χ1v) is 9.48. The highest BCUT2D eigenvalue weighted by molar-refractivity contribution is 7.91. The van der Waals surface area contributed by atoms with E-state index in [0.29, 0.717) is 24.3 Å². The second-order valence-electron chi connectivity index (χ2n) is 6.21. The number of nitrogens with one attached hydrogen (secondary N) is 1. The molecular formula is C16H22N2O3S. The molecule has 120 valence electrons. The lowest BCUT2D eigenvalue weighted by Crippen LogP contribution is -2.42. The lowest BCUT2D eigenvalue weighted by molar-refractivity contribution is -0.127. The Hall–Kier alpha value is -1.40. The Morgan fingerprint density at radius 2 is 2.14 bits per heavy atom. The largest absolute Gasteiger partial charge is 0.341 e. The summed E-state index contributed by atoms with van der Waals surface area (Å²) in [6, 6.07) is 7.40. The number of amides is 1. The van der Waals surface area contributed by atoms with Crippen LogP contribution in [0.5, 0.6) is 0 Å². The third kappa shape index (κ3) is 3.03. The topological polar surface area (TPSA) is 66.5 Å². The van der Waals surface area contributed by atoms with Crippen molar-refractivity contribution in [2.24, 2.45) is 0 Å². The van der Waals surface area contributed by atoms with Gasteiger partial charge in [0.05, 0.1) is 10.6 Å². The summed E-state index contributed by atoms with van der Waals surface area (Å²) in [5, 5.41) is 3.50. The summed E-state index contributed by atoms with van der Waals surface area (Å²) in [7, 11) is -3.15.